The van der Waals surface area contributed by atoms with Gasteiger partial charge < -0.3 is 4.42 Å². The van der Waals surface area contributed by atoms with E-state index in [1.54, 1.807) is 24.3 Å². The Morgan fingerprint density at radius 3 is 2.80 bits per heavy atom. The van der Waals surface area contributed by atoms with Crippen LogP contribution in [0.1, 0.15) is 22.2 Å². The summed E-state index contributed by atoms with van der Waals surface area (Å²) in [5.41, 5.74) is 1.67. The van der Waals surface area contributed by atoms with Gasteiger partial charge in [-0.15, -0.1) is 11.3 Å². The van der Waals surface area contributed by atoms with E-state index in [0.29, 0.717) is 28.1 Å². The van der Waals surface area contributed by atoms with Crippen LogP contribution in [0.3, 0.4) is 0 Å². The molecular formula is C14H10BrNO3S. The van der Waals surface area contributed by atoms with Crippen molar-refractivity contribution in [1.82, 2.24) is 4.57 Å². The zero-order chi connectivity index (χ0) is 14.3. The third-order valence-corrected chi connectivity index (χ3v) is 4.67. The minimum absolute atomic E-state index is 0.0745. The summed E-state index contributed by atoms with van der Waals surface area (Å²) >= 11 is 4.72. The quantitative estimate of drug-likeness (QED) is 0.676. The number of hydrogen-bond acceptors (Lipinski definition) is 4. The van der Waals surface area contributed by atoms with Crippen molar-refractivity contribution >= 4 is 44.1 Å². The van der Waals surface area contributed by atoms with Gasteiger partial charge in [0.05, 0.1) is 14.2 Å². The smallest absolute Gasteiger partial charge is 0.408 e. The van der Waals surface area contributed by atoms with Crippen molar-refractivity contribution in [2.24, 2.45) is 0 Å². The zero-order valence-corrected chi connectivity index (χ0v) is 13.0. The Labute approximate surface area is 126 Å². The predicted octanol–water partition coefficient (Wildman–Crippen LogP) is 3.67. The molecule has 0 amide bonds. The van der Waals surface area contributed by atoms with E-state index in [9.17, 15) is 9.59 Å². The molecule has 0 N–H and O–H groups in total. The molecule has 0 saturated heterocycles. The Kier molecular flexibility index (Phi) is 3.35. The van der Waals surface area contributed by atoms with E-state index in [1.165, 1.54) is 15.9 Å². The molecule has 0 spiro atoms. The standard InChI is InChI=1S/C14H10BrNO3S/c1-2-16-9-4-3-8(7-10(9)19-14(16)18)13(17)11-5-6-12(15)20-11/h3-7H,2H2,1H3. The third-order valence-electron chi connectivity index (χ3n) is 3.04. The predicted molar refractivity (Wildman–Crippen MR) is 81.6 cm³/mol. The highest BCUT2D eigenvalue weighted by Crippen LogP contribution is 2.25. The fourth-order valence-electron chi connectivity index (χ4n) is 2.09. The average Bonchev–Trinajstić information content (AvgIpc) is 2.99. The van der Waals surface area contributed by atoms with Crippen LogP contribution in [0.25, 0.3) is 11.1 Å². The number of thiophene rings is 1. The van der Waals surface area contributed by atoms with Crippen molar-refractivity contribution in [3.8, 4) is 0 Å². The molecule has 2 aromatic heterocycles. The number of carbonyl (C=O) groups is 1. The maximum Gasteiger partial charge on any atom is 0.419 e. The molecule has 3 rings (SSSR count). The maximum absolute atomic E-state index is 12.3. The van der Waals surface area contributed by atoms with Gasteiger partial charge in [-0.25, -0.2) is 4.79 Å². The van der Waals surface area contributed by atoms with Crippen LogP contribution in [0.4, 0.5) is 0 Å². The van der Waals surface area contributed by atoms with Gasteiger partial charge in [-0.2, -0.15) is 0 Å². The Balaban J connectivity index is 2.09. The summed E-state index contributed by atoms with van der Waals surface area (Å²) in [6.45, 7) is 2.41. The molecule has 0 aliphatic carbocycles. The van der Waals surface area contributed by atoms with Gasteiger partial charge in [0, 0.05) is 12.1 Å². The van der Waals surface area contributed by atoms with E-state index in [-0.39, 0.29) is 5.78 Å². The lowest BCUT2D eigenvalue weighted by Crippen LogP contribution is -2.11. The number of benzene rings is 1. The van der Waals surface area contributed by atoms with E-state index in [4.69, 9.17) is 4.42 Å². The Morgan fingerprint density at radius 1 is 1.35 bits per heavy atom. The molecule has 6 heteroatoms. The summed E-state index contributed by atoms with van der Waals surface area (Å²) in [5, 5.41) is 0. The second kappa shape index (κ2) is 5.03. The summed E-state index contributed by atoms with van der Waals surface area (Å²) in [6, 6.07) is 8.71. The minimum Gasteiger partial charge on any atom is -0.408 e. The number of oxazole rings is 1. The third kappa shape index (κ3) is 2.14. The number of carbonyl (C=O) groups excluding carboxylic acids is 1. The molecule has 0 aliphatic heterocycles. The number of aryl methyl sites for hydroxylation is 1. The van der Waals surface area contributed by atoms with Crippen LogP contribution in [-0.4, -0.2) is 10.4 Å². The van der Waals surface area contributed by atoms with Crippen LogP contribution in [0, 0.1) is 0 Å². The van der Waals surface area contributed by atoms with Gasteiger partial charge in [-0.3, -0.25) is 9.36 Å². The molecule has 0 atom stereocenters. The van der Waals surface area contributed by atoms with Crippen LogP contribution in [0.15, 0.2) is 43.3 Å². The summed E-state index contributed by atoms with van der Waals surface area (Å²) in [6.07, 6.45) is 0. The molecule has 0 aliphatic rings. The van der Waals surface area contributed by atoms with Gasteiger partial charge >= 0.3 is 5.76 Å². The highest BCUT2D eigenvalue weighted by Gasteiger charge is 2.15. The number of nitrogens with zero attached hydrogens (tertiary/aromatic N) is 1. The molecule has 2 heterocycles. The van der Waals surface area contributed by atoms with Gasteiger partial charge in [0.1, 0.15) is 0 Å². The molecule has 102 valence electrons. The number of fused-ring (bicyclic) bond motifs is 1. The van der Waals surface area contributed by atoms with Gasteiger partial charge in [0.25, 0.3) is 0 Å². The fraction of sp³-hybridized carbons (Fsp3) is 0.143. The maximum atomic E-state index is 12.3. The van der Waals surface area contributed by atoms with Crippen molar-refractivity contribution in [2.75, 3.05) is 0 Å². The summed E-state index contributed by atoms with van der Waals surface area (Å²) in [4.78, 5) is 24.6. The molecule has 0 unspecified atom stereocenters. The first-order valence-electron chi connectivity index (χ1n) is 6.03. The van der Waals surface area contributed by atoms with Gasteiger partial charge in [-0.05, 0) is 53.2 Å². The Morgan fingerprint density at radius 2 is 2.15 bits per heavy atom. The lowest BCUT2D eigenvalue weighted by atomic mass is 10.1. The largest absolute Gasteiger partial charge is 0.419 e. The number of hydrogen-bond donors (Lipinski definition) is 0. The second-order valence-corrected chi connectivity index (χ2v) is 6.69. The van der Waals surface area contributed by atoms with Crippen LogP contribution < -0.4 is 5.76 Å². The highest BCUT2D eigenvalue weighted by atomic mass is 79.9. The SMILES string of the molecule is CCn1c(=O)oc2cc(C(=O)c3ccc(Br)s3)ccc21. The first-order chi connectivity index (χ1) is 9.60. The van der Waals surface area contributed by atoms with Crippen molar-refractivity contribution < 1.29 is 9.21 Å². The summed E-state index contributed by atoms with van der Waals surface area (Å²) in [7, 11) is 0. The topological polar surface area (TPSA) is 52.2 Å². The van der Waals surface area contributed by atoms with Gasteiger partial charge in [-0.1, -0.05) is 0 Å². The molecule has 3 aromatic rings. The monoisotopic (exact) mass is 351 g/mol. The number of rotatable bonds is 3. The Hall–Kier alpha value is -1.66. The Bertz CT molecular complexity index is 859. The fourth-order valence-corrected chi connectivity index (χ4v) is 3.43. The van der Waals surface area contributed by atoms with E-state index >= 15 is 0 Å². The van der Waals surface area contributed by atoms with Gasteiger partial charge in [0.15, 0.2) is 5.58 Å². The lowest BCUT2D eigenvalue weighted by molar-refractivity contribution is 0.104. The van der Waals surface area contributed by atoms with Crippen LogP contribution in [-0.2, 0) is 6.54 Å². The van der Waals surface area contributed by atoms with Crippen molar-refractivity contribution in [1.29, 1.82) is 0 Å². The first-order valence-corrected chi connectivity index (χ1v) is 7.64. The molecule has 20 heavy (non-hydrogen) atoms. The molecule has 4 nitrogen and oxygen atoms in total. The molecule has 0 saturated carbocycles. The van der Waals surface area contributed by atoms with Crippen molar-refractivity contribution in [3.05, 3.63) is 55.1 Å². The zero-order valence-electron chi connectivity index (χ0n) is 10.6. The molecular weight excluding hydrogens is 342 g/mol. The molecule has 0 bridgehead atoms. The van der Waals surface area contributed by atoms with Crippen molar-refractivity contribution in [2.45, 2.75) is 13.5 Å². The van der Waals surface area contributed by atoms with E-state index < -0.39 is 5.76 Å². The van der Waals surface area contributed by atoms with Crippen molar-refractivity contribution in [3.63, 3.8) is 0 Å². The van der Waals surface area contributed by atoms with Crippen LogP contribution >= 0.6 is 27.3 Å². The number of ketones is 1. The summed E-state index contributed by atoms with van der Waals surface area (Å²) in [5.74, 6) is -0.472. The normalized spacial score (nSPS) is 11.1. The van der Waals surface area contributed by atoms with E-state index in [2.05, 4.69) is 15.9 Å². The minimum atomic E-state index is -0.397. The molecule has 0 fully saturated rings. The van der Waals surface area contributed by atoms with E-state index in [1.807, 2.05) is 13.0 Å². The number of aromatic nitrogens is 1. The number of halogens is 1. The average molecular weight is 352 g/mol. The van der Waals surface area contributed by atoms with Crippen LogP contribution in [0.5, 0.6) is 0 Å². The second-order valence-electron chi connectivity index (χ2n) is 4.23. The molecule has 0 radical (unpaired) electrons. The lowest BCUT2D eigenvalue weighted by Gasteiger charge is -1.99. The van der Waals surface area contributed by atoms with Gasteiger partial charge in [0.2, 0.25) is 5.78 Å². The van der Waals surface area contributed by atoms with Crippen LogP contribution in [0.2, 0.25) is 0 Å². The first kappa shape index (κ1) is 13.3. The molecule has 1 aromatic carbocycles. The highest BCUT2D eigenvalue weighted by molar-refractivity contribution is 9.11. The van der Waals surface area contributed by atoms with E-state index in [0.717, 1.165) is 3.79 Å². The summed E-state index contributed by atoms with van der Waals surface area (Å²) < 4.78 is 7.61.